The van der Waals surface area contributed by atoms with Gasteiger partial charge in [0.05, 0.1) is 31.2 Å². The first kappa shape index (κ1) is 16.1. The average molecular weight is 339 g/mol. The lowest BCUT2D eigenvalue weighted by Crippen LogP contribution is -2.48. The molecule has 1 unspecified atom stereocenters. The fraction of sp³-hybridized carbons (Fsp3) is 0.533. The van der Waals surface area contributed by atoms with Crippen molar-refractivity contribution in [2.24, 2.45) is 0 Å². The van der Waals surface area contributed by atoms with Crippen molar-refractivity contribution >= 4 is 21.7 Å². The van der Waals surface area contributed by atoms with E-state index in [-0.39, 0.29) is 12.1 Å². The summed E-state index contributed by atoms with van der Waals surface area (Å²) >= 11 is 0. The Morgan fingerprint density at radius 3 is 2.61 bits per heavy atom. The molecule has 1 saturated heterocycles. The zero-order chi connectivity index (χ0) is 16.4. The number of hydrogen-bond acceptors (Lipinski definition) is 4. The van der Waals surface area contributed by atoms with Gasteiger partial charge in [-0.25, -0.2) is 13.2 Å². The van der Waals surface area contributed by atoms with Crippen molar-refractivity contribution < 1.29 is 17.9 Å². The molecule has 0 bridgehead atoms. The second-order valence-corrected chi connectivity index (χ2v) is 7.69. The highest BCUT2D eigenvalue weighted by atomic mass is 32.2. The summed E-state index contributed by atoms with van der Waals surface area (Å²) in [6, 6.07) is 7.02. The molecule has 2 amide bonds. The van der Waals surface area contributed by atoms with Gasteiger partial charge in [-0.2, -0.15) is 0 Å². The third-order valence-electron chi connectivity index (χ3n) is 4.20. The Bertz CT molecular complexity index is 686. The second-order valence-electron chi connectivity index (χ2n) is 5.78. The number of carbonyl (C=O) groups excluding carboxylic acids is 1. The van der Waals surface area contributed by atoms with E-state index in [9.17, 15) is 13.2 Å². The fourth-order valence-corrected chi connectivity index (χ4v) is 3.99. The van der Waals surface area contributed by atoms with E-state index in [1.807, 2.05) is 18.2 Å². The zero-order valence-electron chi connectivity index (χ0n) is 13.1. The predicted octanol–water partition coefficient (Wildman–Crippen LogP) is 0.939. The quantitative estimate of drug-likeness (QED) is 0.870. The maximum absolute atomic E-state index is 12.4. The molecule has 1 N–H and O–H groups in total. The van der Waals surface area contributed by atoms with E-state index in [1.54, 1.807) is 11.0 Å². The van der Waals surface area contributed by atoms with Gasteiger partial charge >= 0.3 is 6.03 Å². The van der Waals surface area contributed by atoms with Gasteiger partial charge in [0.1, 0.15) is 0 Å². The van der Waals surface area contributed by atoms with Crippen LogP contribution in [0.4, 0.5) is 10.5 Å². The van der Waals surface area contributed by atoms with Gasteiger partial charge < -0.3 is 15.0 Å². The number of nitrogens with one attached hydrogen (secondary N) is 1. The lowest BCUT2D eigenvalue weighted by Gasteiger charge is -2.36. The van der Waals surface area contributed by atoms with E-state index in [0.717, 1.165) is 5.56 Å². The van der Waals surface area contributed by atoms with Crippen LogP contribution in [0, 0.1) is 0 Å². The lowest BCUT2D eigenvalue weighted by atomic mass is 9.98. The summed E-state index contributed by atoms with van der Waals surface area (Å²) < 4.78 is 30.5. The Morgan fingerprint density at radius 2 is 1.91 bits per heavy atom. The number of amides is 2. The van der Waals surface area contributed by atoms with Crippen molar-refractivity contribution in [3.05, 3.63) is 29.8 Å². The van der Waals surface area contributed by atoms with Gasteiger partial charge in [-0.15, -0.1) is 0 Å². The molecule has 0 radical (unpaired) electrons. The molecule has 1 aromatic rings. The summed E-state index contributed by atoms with van der Waals surface area (Å²) in [4.78, 5) is 14.1. The molecule has 2 heterocycles. The summed E-state index contributed by atoms with van der Waals surface area (Å²) in [5, 5.41) is 3.03. The van der Waals surface area contributed by atoms with Crippen LogP contribution in [0.3, 0.4) is 0 Å². The molecule has 7 nitrogen and oxygen atoms in total. The number of anilines is 1. The minimum Gasteiger partial charge on any atom is -0.378 e. The third kappa shape index (κ3) is 3.42. The van der Waals surface area contributed by atoms with Crippen molar-refractivity contribution in [3.63, 3.8) is 0 Å². The Hall–Kier alpha value is -1.80. The summed E-state index contributed by atoms with van der Waals surface area (Å²) in [5.41, 5.74) is 1.49. The maximum Gasteiger partial charge on any atom is 0.318 e. The van der Waals surface area contributed by atoms with Crippen molar-refractivity contribution in [1.29, 1.82) is 0 Å². The minimum atomic E-state index is -3.32. The number of morpholine rings is 1. The number of sulfonamides is 1. The Balaban J connectivity index is 1.80. The first-order valence-electron chi connectivity index (χ1n) is 7.66. The molecule has 126 valence electrons. The zero-order valence-corrected chi connectivity index (χ0v) is 13.9. The van der Waals surface area contributed by atoms with Crippen LogP contribution in [0.25, 0.3) is 0 Å². The monoisotopic (exact) mass is 339 g/mol. The predicted molar refractivity (Wildman–Crippen MR) is 86.9 cm³/mol. The van der Waals surface area contributed by atoms with Crippen LogP contribution in [0.5, 0.6) is 0 Å². The SMILES string of the molecule is CS(=O)(=O)N1CCC(NC(=O)N2CCOCC2)c2ccccc21. The van der Waals surface area contributed by atoms with Crippen molar-refractivity contribution in [2.45, 2.75) is 12.5 Å². The highest BCUT2D eigenvalue weighted by Crippen LogP contribution is 2.35. The minimum absolute atomic E-state index is 0.124. The summed E-state index contributed by atoms with van der Waals surface area (Å²) in [7, 11) is -3.32. The van der Waals surface area contributed by atoms with Gasteiger partial charge in [0.15, 0.2) is 0 Å². The molecule has 1 aromatic carbocycles. The molecule has 0 aromatic heterocycles. The Labute approximate surface area is 136 Å². The van der Waals surface area contributed by atoms with E-state index in [2.05, 4.69) is 5.32 Å². The van der Waals surface area contributed by atoms with E-state index in [0.29, 0.717) is 45.0 Å². The lowest BCUT2D eigenvalue weighted by molar-refractivity contribution is 0.0524. The van der Waals surface area contributed by atoms with Crippen LogP contribution in [0.2, 0.25) is 0 Å². The van der Waals surface area contributed by atoms with E-state index in [1.165, 1.54) is 10.6 Å². The van der Waals surface area contributed by atoms with Crippen LogP contribution in [-0.4, -0.2) is 58.5 Å². The van der Waals surface area contributed by atoms with Gasteiger partial charge in [0.25, 0.3) is 0 Å². The largest absolute Gasteiger partial charge is 0.378 e. The molecule has 0 spiro atoms. The number of para-hydroxylation sites is 1. The van der Waals surface area contributed by atoms with Crippen molar-refractivity contribution in [1.82, 2.24) is 10.2 Å². The molecular weight excluding hydrogens is 318 g/mol. The maximum atomic E-state index is 12.4. The van der Waals surface area contributed by atoms with Crippen LogP contribution in [0.15, 0.2) is 24.3 Å². The van der Waals surface area contributed by atoms with Gasteiger partial charge in [-0.1, -0.05) is 18.2 Å². The standard InChI is InChI=1S/C15H21N3O4S/c1-23(20,21)18-7-6-13(12-4-2-3-5-14(12)18)16-15(19)17-8-10-22-11-9-17/h2-5,13H,6-11H2,1H3,(H,16,19). The molecule has 2 aliphatic heterocycles. The van der Waals surface area contributed by atoms with E-state index < -0.39 is 10.0 Å². The highest BCUT2D eigenvalue weighted by Gasteiger charge is 2.31. The van der Waals surface area contributed by atoms with Gasteiger partial charge in [0, 0.05) is 19.6 Å². The number of benzene rings is 1. The molecule has 23 heavy (non-hydrogen) atoms. The Morgan fingerprint density at radius 1 is 1.22 bits per heavy atom. The average Bonchev–Trinajstić information content (AvgIpc) is 2.55. The van der Waals surface area contributed by atoms with E-state index >= 15 is 0 Å². The summed E-state index contributed by atoms with van der Waals surface area (Å²) in [5.74, 6) is 0. The molecule has 0 aliphatic carbocycles. The normalized spacial score (nSPS) is 21.7. The molecule has 2 aliphatic rings. The number of hydrogen-bond donors (Lipinski definition) is 1. The van der Waals surface area contributed by atoms with Crippen LogP contribution in [-0.2, 0) is 14.8 Å². The van der Waals surface area contributed by atoms with E-state index in [4.69, 9.17) is 4.74 Å². The Kier molecular flexibility index (Phi) is 4.45. The smallest absolute Gasteiger partial charge is 0.318 e. The van der Waals surface area contributed by atoms with Crippen LogP contribution < -0.4 is 9.62 Å². The van der Waals surface area contributed by atoms with Gasteiger partial charge in [-0.05, 0) is 18.1 Å². The number of urea groups is 1. The topological polar surface area (TPSA) is 79.0 Å². The number of fused-ring (bicyclic) bond motifs is 1. The molecule has 8 heteroatoms. The number of rotatable bonds is 2. The highest BCUT2D eigenvalue weighted by molar-refractivity contribution is 7.92. The number of ether oxygens (including phenoxy) is 1. The summed E-state index contributed by atoms with van der Waals surface area (Å²) in [6.45, 7) is 2.63. The number of carbonyl (C=O) groups is 1. The van der Waals surface area contributed by atoms with Crippen LogP contribution >= 0.6 is 0 Å². The molecular formula is C15H21N3O4S. The molecule has 1 atom stereocenters. The second kappa shape index (κ2) is 6.37. The fourth-order valence-electron chi connectivity index (χ4n) is 3.03. The van der Waals surface area contributed by atoms with Crippen molar-refractivity contribution in [2.75, 3.05) is 43.4 Å². The van der Waals surface area contributed by atoms with Crippen LogP contribution in [0.1, 0.15) is 18.0 Å². The van der Waals surface area contributed by atoms with Crippen molar-refractivity contribution in [3.8, 4) is 0 Å². The molecule has 1 fully saturated rings. The first-order chi connectivity index (χ1) is 11.0. The first-order valence-corrected chi connectivity index (χ1v) is 9.51. The summed E-state index contributed by atoms with van der Waals surface area (Å²) in [6.07, 6.45) is 1.76. The van der Waals surface area contributed by atoms with Gasteiger partial charge in [-0.3, -0.25) is 4.31 Å². The molecule has 3 rings (SSSR count). The molecule has 0 saturated carbocycles. The number of nitrogens with zero attached hydrogens (tertiary/aromatic N) is 2. The third-order valence-corrected chi connectivity index (χ3v) is 5.38. The van der Waals surface area contributed by atoms with Gasteiger partial charge in [0.2, 0.25) is 10.0 Å².